The van der Waals surface area contributed by atoms with E-state index in [-0.39, 0.29) is 17.4 Å². The van der Waals surface area contributed by atoms with Crippen LogP contribution in [-0.4, -0.2) is 41.0 Å². The van der Waals surface area contributed by atoms with Crippen molar-refractivity contribution in [1.82, 2.24) is 4.90 Å². The molecule has 2 aliphatic rings. The molecule has 4 rings (SSSR count). The van der Waals surface area contributed by atoms with Crippen LogP contribution in [-0.2, 0) is 16.0 Å². The predicted octanol–water partition coefficient (Wildman–Crippen LogP) is 3.60. The lowest BCUT2D eigenvalue weighted by molar-refractivity contribution is -0.131. The Hall–Kier alpha value is -2.86. The van der Waals surface area contributed by atoms with Gasteiger partial charge in [0.05, 0.1) is 24.0 Å². The third-order valence-corrected chi connectivity index (χ3v) is 5.42. The molecule has 3 heterocycles. The van der Waals surface area contributed by atoms with Gasteiger partial charge >= 0.3 is 0 Å². The fourth-order valence-electron chi connectivity index (χ4n) is 3.90. The van der Waals surface area contributed by atoms with E-state index in [1.165, 1.54) is 12.3 Å². The zero-order chi connectivity index (χ0) is 19.7. The molecule has 0 bridgehead atoms. The van der Waals surface area contributed by atoms with Crippen LogP contribution in [0.25, 0.3) is 0 Å². The minimum atomic E-state index is -0.666. The molecule has 28 heavy (non-hydrogen) atoms. The molecule has 0 spiro atoms. The number of furan rings is 1. The van der Waals surface area contributed by atoms with Gasteiger partial charge in [0, 0.05) is 13.2 Å². The van der Waals surface area contributed by atoms with Crippen LogP contribution in [0.2, 0.25) is 0 Å². The van der Waals surface area contributed by atoms with E-state index in [2.05, 4.69) is 6.92 Å². The third kappa shape index (κ3) is 3.24. The lowest BCUT2D eigenvalue weighted by atomic mass is 9.94. The second-order valence-electron chi connectivity index (χ2n) is 7.16. The molecule has 2 atom stereocenters. The minimum Gasteiger partial charge on any atom is -0.503 e. The lowest BCUT2D eigenvalue weighted by Gasteiger charge is -2.28. The predicted molar refractivity (Wildman–Crippen MR) is 102 cm³/mol. The van der Waals surface area contributed by atoms with Crippen molar-refractivity contribution in [3.8, 4) is 0 Å². The Labute approximate surface area is 163 Å². The molecule has 0 saturated carbocycles. The van der Waals surface area contributed by atoms with E-state index in [9.17, 15) is 14.7 Å². The van der Waals surface area contributed by atoms with Crippen LogP contribution in [0.5, 0.6) is 0 Å². The van der Waals surface area contributed by atoms with E-state index in [1.807, 2.05) is 24.3 Å². The average Bonchev–Trinajstić information content (AvgIpc) is 3.46. The van der Waals surface area contributed by atoms with Gasteiger partial charge in [-0.25, -0.2) is 0 Å². The average molecular weight is 381 g/mol. The van der Waals surface area contributed by atoms with Crippen molar-refractivity contribution in [2.45, 2.75) is 38.3 Å². The molecule has 1 fully saturated rings. The number of Topliss-reactive ketones (excluding diaryl/α,β-unsaturated/α-hetero) is 1. The van der Waals surface area contributed by atoms with E-state index < -0.39 is 23.5 Å². The van der Waals surface area contributed by atoms with E-state index >= 15 is 0 Å². The van der Waals surface area contributed by atoms with Gasteiger partial charge in [-0.1, -0.05) is 31.2 Å². The second kappa shape index (κ2) is 7.64. The fraction of sp³-hybridized carbons (Fsp3) is 0.364. The van der Waals surface area contributed by atoms with Crippen LogP contribution >= 0.6 is 0 Å². The number of carbonyl (C=O) groups is 2. The summed E-state index contributed by atoms with van der Waals surface area (Å²) >= 11 is 0. The number of aliphatic hydroxyl groups excluding tert-OH is 1. The number of nitrogens with zero attached hydrogens (tertiary/aromatic N) is 1. The highest BCUT2D eigenvalue weighted by atomic mass is 16.5. The summed E-state index contributed by atoms with van der Waals surface area (Å²) in [4.78, 5) is 27.4. The highest BCUT2D eigenvalue weighted by molar-refractivity contribution is 6.15. The highest BCUT2D eigenvalue weighted by Crippen LogP contribution is 2.39. The van der Waals surface area contributed by atoms with Crippen LogP contribution in [0.3, 0.4) is 0 Å². The van der Waals surface area contributed by atoms with Crippen molar-refractivity contribution in [1.29, 1.82) is 0 Å². The molecule has 0 aliphatic carbocycles. The molecular weight excluding hydrogens is 358 g/mol. The monoisotopic (exact) mass is 381 g/mol. The summed E-state index contributed by atoms with van der Waals surface area (Å²) in [6.45, 7) is 3.06. The maximum Gasteiger partial charge on any atom is 0.290 e. The Bertz CT molecular complexity index is 892. The molecular formula is C22H23NO5. The van der Waals surface area contributed by atoms with Gasteiger partial charge in [0.15, 0.2) is 11.5 Å². The SMILES string of the molecule is CCc1ccc([C@H]2C(C(=O)c3ccco3)=C(O)C(=O)N2C[C@@H]2CCCO2)cc1. The van der Waals surface area contributed by atoms with Crippen molar-refractivity contribution in [3.05, 3.63) is 70.9 Å². The number of ketones is 1. The number of amides is 1. The van der Waals surface area contributed by atoms with Gasteiger partial charge < -0.3 is 19.2 Å². The number of aliphatic hydroxyl groups is 1. The number of ether oxygens (including phenoxy) is 1. The largest absolute Gasteiger partial charge is 0.503 e. The molecule has 2 aliphatic heterocycles. The first-order valence-electron chi connectivity index (χ1n) is 9.63. The van der Waals surface area contributed by atoms with Crippen molar-refractivity contribution < 1.29 is 23.8 Å². The lowest BCUT2D eigenvalue weighted by Crippen LogP contribution is -2.37. The number of hydrogen-bond donors (Lipinski definition) is 1. The Morgan fingerprint density at radius 3 is 2.64 bits per heavy atom. The van der Waals surface area contributed by atoms with Gasteiger partial charge in [-0.05, 0) is 42.5 Å². The summed E-state index contributed by atoms with van der Waals surface area (Å²) in [6, 6.07) is 10.3. The number of hydrogen-bond acceptors (Lipinski definition) is 5. The Morgan fingerprint density at radius 1 is 1.25 bits per heavy atom. The maximum atomic E-state index is 13.0. The van der Waals surface area contributed by atoms with Crippen molar-refractivity contribution in [2.75, 3.05) is 13.2 Å². The number of rotatable bonds is 6. The standard InChI is InChI=1S/C22H23NO5/c1-2-14-7-9-15(10-8-14)19-18(20(24)17-6-4-12-28-17)21(25)22(26)23(19)13-16-5-3-11-27-16/h4,6-10,12,16,19,25H,2-3,5,11,13H2,1H3/t16-,19-/m0/s1. The molecule has 0 unspecified atom stereocenters. The molecule has 146 valence electrons. The summed E-state index contributed by atoms with van der Waals surface area (Å²) in [6.07, 6.45) is 4.00. The first-order chi connectivity index (χ1) is 13.6. The Kier molecular flexibility index (Phi) is 5.05. The molecule has 1 amide bonds. The van der Waals surface area contributed by atoms with Gasteiger partial charge in [0.2, 0.25) is 5.78 Å². The van der Waals surface area contributed by atoms with Gasteiger partial charge in [-0.3, -0.25) is 9.59 Å². The van der Waals surface area contributed by atoms with Crippen molar-refractivity contribution >= 4 is 11.7 Å². The minimum absolute atomic E-state index is 0.0576. The van der Waals surface area contributed by atoms with Crippen LogP contribution in [0.1, 0.15) is 47.5 Å². The molecule has 1 aromatic carbocycles. The van der Waals surface area contributed by atoms with Crippen molar-refractivity contribution in [3.63, 3.8) is 0 Å². The molecule has 1 N–H and O–H groups in total. The van der Waals surface area contributed by atoms with Gasteiger partial charge in [-0.2, -0.15) is 0 Å². The molecule has 1 aromatic heterocycles. The van der Waals surface area contributed by atoms with E-state index in [0.29, 0.717) is 13.2 Å². The highest BCUT2D eigenvalue weighted by Gasteiger charge is 2.45. The Morgan fingerprint density at radius 2 is 2.04 bits per heavy atom. The van der Waals surface area contributed by atoms with E-state index in [1.54, 1.807) is 11.0 Å². The molecule has 0 radical (unpaired) electrons. The van der Waals surface area contributed by atoms with E-state index in [4.69, 9.17) is 9.15 Å². The second-order valence-corrected chi connectivity index (χ2v) is 7.16. The number of aryl methyl sites for hydroxylation is 1. The van der Waals surface area contributed by atoms with Gasteiger partial charge in [0.25, 0.3) is 5.91 Å². The van der Waals surface area contributed by atoms with Crippen LogP contribution < -0.4 is 0 Å². The Balaban J connectivity index is 1.74. The summed E-state index contributed by atoms with van der Waals surface area (Å²) < 4.78 is 10.9. The van der Waals surface area contributed by atoms with Gasteiger partial charge in [-0.15, -0.1) is 0 Å². The topological polar surface area (TPSA) is 80.0 Å². The first kappa shape index (κ1) is 18.5. The normalized spacial score (nSPS) is 22.3. The summed E-state index contributed by atoms with van der Waals surface area (Å²) in [5, 5.41) is 10.6. The van der Waals surface area contributed by atoms with Crippen LogP contribution in [0.4, 0.5) is 0 Å². The molecule has 6 heteroatoms. The number of carbonyl (C=O) groups excluding carboxylic acids is 2. The van der Waals surface area contributed by atoms with Crippen LogP contribution in [0, 0.1) is 0 Å². The fourth-order valence-corrected chi connectivity index (χ4v) is 3.90. The zero-order valence-corrected chi connectivity index (χ0v) is 15.8. The van der Waals surface area contributed by atoms with Gasteiger partial charge in [0.1, 0.15) is 0 Å². The maximum absolute atomic E-state index is 13.0. The summed E-state index contributed by atoms with van der Waals surface area (Å²) in [5.41, 5.74) is 2.00. The smallest absolute Gasteiger partial charge is 0.290 e. The first-order valence-corrected chi connectivity index (χ1v) is 9.63. The molecule has 2 aromatic rings. The summed E-state index contributed by atoms with van der Waals surface area (Å²) in [7, 11) is 0. The molecule has 6 nitrogen and oxygen atoms in total. The molecule has 1 saturated heterocycles. The van der Waals surface area contributed by atoms with Crippen molar-refractivity contribution in [2.24, 2.45) is 0 Å². The van der Waals surface area contributed by atoms with Crippen LogP contribution in [0.15, 0.2) is 58.4 Å². The van der Waals surface area contributed by atoms with E-state index in [0.717, 1.165) is 30.4 Å². The quantitative estimate of drug-likeness (QED) is 0.774. The zero-order valence-electron chi connectivity index (χ0n) is 15.8. The summed E-state index contributed by atoms with van der Waals surface area (Å²) in [5.74, 6) is -1.43. The third-order valence-electron chi connectivity index (χ3n) is 5.42. The number of benzene rings is 1.